The molecule has 0 bridgehead atoms. The average Bonchev–Trinajstić information content (AvgIpc) is 2.24. The molecule has 88 valence electrons. The highest BCUT2D eigenvalue weighted by molar-refractivity contribution is 6.24. The average molecular weight is 228 g/mol. The fraction of sp³-hybridized carbons (Fsp3) is 0.333. The topological polar surface area (TPSA) is 34.1 Å². The second-order valence-electron chi connectivity index (χ2n) is 5.65. The Labute approximate surface area is 101 Å². The maximum atomic E-state index is 12.2. The Morgan fingerprint density at radius 2 is 1.59 bits per heavy atom. The molecule has 0 radical (unpaired) electrons. The van der Waals surface area contributed by atoms with Gasteiger partial charge in [0.05, 0.1) is 0 Å². The molecule has 0 aliphatic heterocycles. The molecule has 0 saturated heterocycles. The van der Waals surface area contributed by atoms with Gasteiger partial charge >= 0.3 is 0 Å². The Bertz CT molecular complexity index is 516. The summed E-state index contributed by atoms with van der Waals surface area (Å²) in [4.78, 5) is 24.1. The van der Waals surface area contributed by atoms with E-state index < -0.39 is 0 Å². The summed E-state index contributed by atoms with van der Waals surface area (Å²) in [6.07, 6.45) is 2.13. The molecule has 0 atom stereocenters. The number of ketones is 2. The van der Waals surface area contributed by atoms with Crippen LogP contribution in [-0.2, 0) is 0 Å². The van der Waals surface area contributed by atoms with E-state index in [1.165, 1.54) is 6.08 Å². The molecule has 1 aromatic rings. The van der Waals surface area contributed by atoms with Gasteiger partial charge in [-0.1, -0.05) is 45.0 Å². The number of fused-ring (bicyclic) bond motifs is 1. The van der Waals surface area contributed by atoms with E-state index >= 15 is 0 Å². The summed E-state index contributed by atoms with van der Waals surface area (Å²) in [5, 5.41) is 0. The Morgan fingerprint density at radius 1 is 1.00 bits per heavy atom. The molecule has 0 heterocycles. The normalized spacial score (nSPS) is 15.6. The fourth-order valence-electron chi connectivity index (χ4n) is 2.07. The highest BCUT2D eigenvalue weighted by atomic mass is 16.1. The fourth-order valence-corrected chi connectivity index (χ4v) is 2.07. The summed E-state index contributed by atoms with van der Waals surface area (Å²) < 4.78 is 0. The van der Waals surface area contributed by atoms with Crippen molar-refractivity contribution >= 4 is 11.6 Å². The van der Waals surface area contributed by atoms with Crippen molar-refractivity contribution in [1.29, 1.82) is 0 Å². The summed E-state index contributed by atoms with van der Waals surface area (Å²) >= 11 is 0. The molecule has 0 spiro atoms. The van der Waals surface area contributed by atoms with Crippen molar-refractivity contribution in [3.8, 4) is 0 Å². The quantitative estimate of drug-likeness (QED) is 0.738. The van der Waals surface area contributed by atoms with Crippen molar-refractivity contribution in [3.05, 3.63) is 47.0 Å². The molecule has 2 rings (SSSR count). The lowest BCUT2D eigenvalue weighted by atomic mass is 9.81. The summed E-state index contributed by atoms with van der Waals surface area (Å²) in [7, 11) is 0. The maximum Gasteiger partial charge on any atom is 0.189 e. The third-order valence-corrected chi connectivity index (χ3v) is 2.75. The first-order chi connectivity index (χ1) is 7.88. The predicted molar refractivity (Wildman–Crippen MR) is 67.3 cm³/mol. The van der Waals surface area contributed by atoms with E-state index in [-0.39, 0.29) is 17.0 Å². The van der Waals surface area contributed by atoms with Crippen LogP contribution in [0.4, 0.5) is 0 Å². The molecule has 0 N–H and O–H groups in total. The van der Waals surface area contributed by atoms with E-state index in [0.29, 0.717) is 23.1 Å². The van der Waals surface area contributed by atoms with E-state index in [1.807, 2.05) is 0 Å². The van der Waals surface area contributed by atoms with Crippen LogP contribution in [0.15, 0.2) is 35.9 Å². The predicted octanol–water partition coefficient (Wildman–Crippen LogP) is 3.43. The number of carbonyl (C=O) groups excluding carboxylic acids is 2. The first kappa shape index (κ1) is 11.8. The molecular weight excluding hydrogens is 212 g/mol. The number of hydrogen-bond acceptors (Lipinski definition) is 2. The van der Waals surface area contributed by atoms with Gasteiger partial charge in [-0.25, -0.2) is 0 Å². The van der Waals surface area contributed by atoms with Gasteiger partial charge in [0.25, 0.3) is 0 Å². The molecule has 0 fully saturated rings. The maximum absolute atomic E-state index is 12.2. The van der Waals surface area contributed by atoms with Gasteiger partial charge in [0.15, 0.2) is 11.6 Å². The van der Waals surface area contributed by atoms with Gasteiger partial charge < -0.3 is 0 Å². The number of hydrogen-bond donors (Lipinski definition) is 0. The molecule has 17 heavy (non-hydrogen) atoms. The van der Waals surface area contributed by atoms with Crippen LogP contribution < -0.4 is 0 Å². The van der Waals surface area contributed by atoms with Gasteiger partial charge in [0.1, 0.15) is 0 Å². The zero-order valence-electron chi connectivity index (χ0n) is 10.4. The van der Waals surface area contributed by atoms with Crippen molar-refractivity contribution in [2.45, 2.75) is 27.2 Å². The first-order valence-electron chi connectivity index (χ1n) is 5.77. The Kier molecular flexibility index (Phi) is 2.74. The summed E-state index contributed by atoms with van der Waals surface area (Å²) in [6, 6.07) is 7.02. The van der Waals surface area contributed by atoms with E-state index in [9.17, 15) is 9.59 Å². The molecule has 0 aromatic heterocycles. The van der Waals surface area contributed by atoms with Crippen LogP contribution in [0, 0.1) is 5.41 Å². The van der Waals surface area contributed by atoms with E-state index in [1.54, 1.807) is 24.3 Å². The van der Waals surface area contributed by atoms with Gasteiger partial charge in [-0.2, -0.15) is 0 Å². The van der Waals surface area contributed by atoms with Gasteiger partial charge in [-0.3, -0.25) is 9.59 Å². The Hall–Kier alpha value is -1.70. The lowest BCUT2D eigenvalue weighted by Gasteiger charge is -2.22. The highest BCUT2D eigenvalue weighted by Gasteiger charge is 2.27. The van der Waals surface area contributed by atoms with Crippen LogP contribution >= 0.6 is 0 Å². The second-order valence-corrected chi connectivity index (χ2v) is 5.65. The highest BCUT2D eigenvalue weighted by Crippen LogP contribution is 2.30. The monoisotopic (exact) mass is 228 g/mol. The van der Waals surface area contributed by atoms with Gasteiger partial charge in [-0.15, -0.1) is 0 Å². The largest absolute Gasteiger partial charge is 0.289 e. The minimum atomic E-state index is -0.0561. The second kappa shape index (κ2) is 3.95. The van der Waals surface area contributed by atoms with Crippen molar-refractivity contribution in [3.63, 3.8) is 0 Å². The number of rotatable bonds is 1. The molecule has 0 unspecified atom stereocenters. The van der Waals surface area contributed by atoms with Gasteiger partial charge in [0.2, 0.25) is 0 Å². The zero-order valence-corrected chi connectivity index (χ0v) is 10.4. The van der Waals surface area contributed by atoms with E-state index in [2.05, 4.69) is 20.8 Å². The molecule has 2 heteroatoms. The Balaban J connectivity index is 2.42. The summed E-state index contributed by atoms with van der Waals surface area (Å²) in [5.41, 5.74) is 1.70. The lowest BCUT2D eigenvalue weighted by Crippen LogP contribution is -2.20. The van der Waals surface area contributed by atoms with Crippen molar-refractivity contribution in [1.82, 2.24) is 0 Å². The lowest BCUT2D eigenvalue weighted by molar-refractivity contribution is 0.0976. The number of allylic oxidation sites excluding steroid dienone is 2. The van der Waals surface area contributed by atoms with Crippen LogP contribution in [0.25, 0.3) is 0 Å². The third kappa shape index (κ3) is 2.36. The smallest absolute Gasteiger partial charge is 0.189 e. The molecule has 2 nitrogen and oxygen atoms in total. The molecule has 0 amide bonds. The van der Waals surface area contributed by atoms with Crippen molar-refractivity contribution in [2.24, 2.45) is 5.41 Å². The number of benzene rings is 1. The third-order valence-electron chi connectivity index (χ3n) is 2.75. The van der Waals surface area contributed by atoms with Gasteiger partial charge in [-0.05, 0) is 17.9 Å². The summed E-state index contributed by atoms with van der Waals surface area (Å²) in [5.74, 6) is -0.0606. The number of carbonyl (C=O) groups is 2. The number of Topliss-reactive ketones (excluding diaryl/α,β-unsaturated/α-hetero) is 1. The minimum Gasteiger partial charge on any atom is -0.289 e. The van der Waals surface area contributed by atoms with Crippen LogP contribution in [0.3, 0.4) is 0 Å². The molecular formula is C15H16O2. The standard InChI is InChI=1S/C15H16O2/c1-15(2,3)9-10-8-13(16)11-6-4-5-7-12(11)14(10)17/h4-8H,9H2,1-3H3. The zero-order chi connectivity index (χ0) is 12.6. The van der Waals surface area contributed by atoms with E-state index in [4.69, 9.17) is 0 Å². The van der Waals surface area contributed by atoms with E-state index in [0.717, 1.165) is 0 Å². The molecule has 1 aromatic carbocycles. The summed E-state index contributed by atoms with van der Waals surface area (Å²) in [6.45, 7) is 6.18. The van der Waals surface area contributed by atoms with Crippen LogP contribution in [0.1, 0.15) is 47.9 Å². The van der Waals surface area contributed by atoms with Crippen LogP contribution in [0.5, 0.6) is 0 Å². The van der Waals surface area contributed by atoms with Crippen LogP contribution in [0.2, 0.25) is 0 Å². The minimum absolute atomic E-state index is 0.00451. The SMILES string of the molecule is CC(C)(C)CC1=CC(=O)c2ccccc2C1=O. The Morgan fingerprint density at radius 3 is 2.18 bits per heavy atom. The van der Waals surface area contributed by atoms with Crippen LogP contribution in [-0.4, -0.2) is 11.6 Å². The van der Waals surface area contributed by atoms with Crippen molar-refractivity contribution in [2.75, 3.05) is 0 Å². The molecule has 0 saturated carbocycles. The molecule has 1 aliphatic carbocycles. The molecule has 1 aliphatic rings. The van der Waals surface area contributed by atoms with Gasteiger partial charge in [0, 0.05) is 16.7 Å². The first-order valence-corrected chi connectivity index (χ1v) is 5.77. The van der Waals surface area contributed by atoms with Crippen molar-refractivity contribution < 1.29 is 9.59 Å².